The summed E-state index contributed by atoms with van der Waals surface area (Å²) in [5.41, 5.74) is 1.83. The molecule has 0 unspecified atom stereocenters. The number of nitrogens with one attached hydrogen (secondary N) is 1. The molecule has 0 radical (unpaired) electrons. The van der Waals surface area contributed by atoms with E-state index in [0.29, 0.717) is 28.7 Å². The highest BCUT2D eigenvalue weighted by molar-refractivity contribution is 7.98. The molecule has 8 heteroatoms. The number of thioether (sulfide) groups is 1. The monoisotopic (exact) mass is 406 g/mol. The zero-order valence-corrected chi connectivity index (χ0v) is 16.5. The molecule has 4 aromatic rings. The first-order valence-corrected chi connectivity index (χ1v) is 10.1. The number of para-hydroxylation sites is 1. The van der Waals surface area contributed by atoms with Gasteiger partial charge < -0.3 is 14.3 Å². The van der Waals surface area contributed by atoms with Gasteiger partial charge in [0.15, 0.2) is 10.9 Å². The molecule has 1 amide bonds. The van der Waals surface area contributed by atoms with Gasteiger partial charge in [0.05, 0.1) is 5.69 Å². The highest BCUT2D eigenvalue weighted by atomic mass is 32.2. The van der Waals surface area contributed by atoms with Crippen molar-refractivity contribution in [2.24, 2.45) is 0 Å². The lowest BCUT2D eigenvalue weighted by Gasteiger charge is -2.08. The van der Waals surface area contributed by atoms with E-state index >= 15 is 0 Å². The van der Waals surface area contributed by atoms with Crippen LogP contribution in [0.15, 0.2) is 75.4 Å². The molecule has 7 nitrogen and oxygen atoms in total. The van der Waals surface area contributed by atoms with Crippen LogP contribution < -0.4 is 10.9 Å². The molecule has 0 saturated carbocycles. The molecular formula is C21H18N4O3S. The summed E-state index contributed by atoms with van der Waals surface area (Å²) in [5, 5.41) is 4.33. The van der Waals surface area contributed by atoms with E-state index in [-0.39, 0.29) is 17.2 Å². The molecule has 3 aromatic heterocycles. The molecule has 0 aliphatic rings. The number of nitrogens with zero attached hydrogens (tertiary/aromatic N) is 3. The molecule has 4 rings (SSSR count). The van der Waals surface area contributed by atoms with Gasteiger partial charge in [0.2, 0.25) is 0 Å². The average Bonchev–Trinajstić information content (AvgIpc) is 3.13. The molecule has 0 saturated heterocycles. The number of anilines is 1. The molecule has 146 valence electrons. The quantitative estimate of drug-likeness (QED) is 0.385. The number of pyridine rings is 1. The summed E-state index contributed by atoms with van der Waals surface area (Å²) in [5.74, 6) is 0.356. The van der Waals surface area contributed by atoms with Crippen LogP contribution in [0.1, 0.15) is 23.0 Å². The molecule has 0 aliphatic heterocycles. The van der Waals surface area contributed by atoms with Crippen LogP contribution in [0.5, 0.6) is 0 Å². The van der Waals surface area contributed by atoms with Crippen molar-refractivity contribution >= 4 is 34.3 Å². The first kappa shape index (κ1) is 18.9. The Morgan fingerprint density at radius 2 is 1.93 bits per heavy atom. The van der Waals surface area contributed by atoms with Gasteiger partial charge in [0, 0.05) is 47.9 Å². The zero-order valence-electron chi connectivity index (χ0n) is 15.7. The van der Waals surface area contributed by atoms with Gasteiger partial charge in [-0.1, -0.05) is 30.0 Å². The van der Waals surface area contributed by atoms with E-state index in [4.69, 9.17) is 4.42 Å². The smallest absolute Gasteiger partial charge is 0.291 e. The Kier molecular flexibility index (Phi) is 5.44. The number of aromatic nitrogens is 3. The molecule has 0 aliphatic carbocycles. The van der Waals surface area contributed by atoms with Gasteiger partial charge >= 0.3 is 0 Å². The highest BCUT2D eigenvalue weighted by Gasteiger charge is 2.21. The summed E-state index contributed by atoms with van der Waals surface area (Å²) in [4.78, 5) is 33.2. The number of amides is 1. The van der Waals surface area contributed by atoms with Crippen LogP contribution in [0.25, 0.3) is 11.0 Å². The minimum absolute atomic E-state index is 0.116. The van der Waals surface area contributed by atoms with Crippen molar-refractivity contribution in [3.05, 3.63) is 82.7 Å². The number of hydrogen-bond donors (Lipinski definition) is 1. The second kappa shape index (κ2) is 8.32. The number of benzene rings is 1. The summed E-state index contributed by atoms with van der Waals surface area (Å²) in [6.45, 7) is 2.39. The first-order valence-electron chi connectivity index (χ1n) is 9.07. The van der Waals surface area contributed by atoms with Gasteiger partial charge in [0.1, 0.15) is 5.58 Å². The topological polar surface area (TPSA) is 90.0 Å². The Balaban J connectivity index is 1.65. The fraction of sp³-hybridized carbons (Fsp3) is 0.143. The van der Waals surface area contributed by atoms with E-state index in [1.807, 2.05) is 31.2 Å². The second-order valence-electron chi connectivity index (χ2n) is 6.22. The summed E-state index contributed by atoms with van der Waals surface area (Å²) in [7, 11) is 0. The number of hydrogen-bond acceptors (Lipinski definition) is 6. The molecule has 0 bridgehead atoms. The normalized spacial score (nSPS) is 10.9. The summed E-state index contributed by atoms with van der Waals surface area (Å²) >= 11 is 1.43. The Hall–Kier alpha value is -3.39. The maximum absolute atomic E-state index is 13.0. The Labute approximate surface area is 170 Å². The lowest BCUT2D eigenvalue weighted by Crippen LogP contribution is -2.20. The third kappa shape index (κ3) is 4.07. The van der Waals surface area contributed by atoms with E-state index in [2.05, 4.69) is 15.3 Å². The van der Waals surface area contributed by atoms with Gasteiger partial charge in [-0.3, -0.25) is 9.59 Å². The Morgan fingerprint density at radius 3 is 2.72 bits per heavy atom. The zero-order chi connectivity index (χ0) is 20.2. The van der Waals surface area contributed by atoms with Crippen LogP contribution in [-0.2, 0) is 12.3 Å². The van der Waals surface area contributed by atoms with E-state index in [0.717, 1.165) is 10.9 Å². The Bertz CT molecular complexity index is 1220. The molecule has 1 aromatic carbocycles. The van der Waals surface area contributed by atoms with Crippen LogP contribution in [0, 0.1) is 0 Å². The lowest BCUT2D eigenvalue weighted by atomic mass is 10.1. The van der Waals surface area contributed by atoms with Gasteiger partial charge in [-0.2, -0.15) is 0 Å². The predicted octanol–water partition coefficient (Wildman–Crippen LogP) is 3.95. The van der Waals surface area contributed by atoms with Crippen molar-refractivity contribution in [2.45, 2.75) is 24.4 Å². The molecule has 0 spiro atoms. The maximum atomic E-state index is 13.0. The summed E-state index contributed by atoms with van der Waals surface area (Å²) in [6.07, 6.45) is 4.98. The lowest BCUT2D eigenvalue weighted by molar-refractivity contribution is 0.0997. The van der Waals surface area contributed by atoms with E-state index < -0.39 is 0 Å². The number of furan rings is 1. The Morgan fingerprint density at radius 1 is 1.14 bits per heavy atom. The van der Waals surface area contributed by atoms with Crippen molar-refractivity contribution in [2.75, 3.05) is 5.32 Å². The number of rotatable bonds is 6. The number of aryl methyl sites for hydroxylation is 1. The predicted molar refractivity (Wildman–Crippen MR) is 112 cm³/mol. The second-order valence-corrected chi connectivity index (χ2v) is 7.16. The van der Waals surface area contributed by atoms with Crippen LogP contribution >= 0.6 is 11.8 Å². The van der Waals surface area contributed by atoms with Crippen molar-refractivity contribution in [3.8, 4) is 0 Å². The minimum Gasteiger partial charge on any atom is -0.451 e. The van der Waals surface area contributed by atoms with Crippen molar-refractivity contribution in [1.82, 2.24) is 14.5 Å². The van der Waals surface area contributed by atoms with E-state index in [1.54, 1.807) is 30.7 Å². The van der Waals surface area contributed by atoms with Crippen molar-refractivity contribution in [1.29, 1.82) is 0 Å². The fourth-order valence-corrected chi connectivity index (χ4v) is 3.79. The molecule has 3 heterocycles. The summed E-state index contributed by atoms with van der Waals surface area (Å²) in [6, 6.07) is 12.3. The third-order valence-corrected chi connectivity index (χ3v) is 5.28. The van der Waals surface area contributed by atoms with Gasteiger partial charge in [-0.05, 0) is 25.1 Å². The van der Waals surface area contributed by atoms with Crippen LogP contribution in [-0.4, -0.2) is 20.4 Å². The molecule has 1 N–H and O–H groups in total. The van der Waals surface area contributed by atoms with Crippen LogP contribution in [0.3, 0.4) is 0 Å². The number of fused-ring (bicyclic) bond motifs is 1. The van der Waals surface area contributed by atoms with Gasteiger partial charge in [-0.15, -0.1) is 0 Å². The highest BCUT2D eigenvalue weighted by Crippen LogP contribution is 2.31. The molecule has 0 atom stereocenters. The van der Waals surface area contributed by atoms with Gasteiger partial charge in [0.25, 0.3) is 11.5 Å². The van der Waals surface area contributed by atoms with Crippen molar-refractivity contribution in [3.63, 3.8) is 0 Å². The average molecular weight is 406 g/mol. The van der Waals surface area contributed by atoms with Crippen LogP contribution in [0.4, 0.5) is 5.69 Å². The minimum atomic E-state index is -0.368. The molecule has 0 fully saturated rings. The van der Waals surface area contributed by atoms with E-state index in [9.17, 15) is 9.59 Å². The SMILES string of the molecule is CCn1cc(NC(=O)c2oc3ccccc3c2CSc2ncccn2)ccc1=O. The van der Waals surface area contributed by atoms with Crippen molar-refractivity contribution < 1.29 is 9.21 Å². The summed E-state index contributed by atoms with van der Waals surface area (Å²) < 4.78 is 7.39. The largest absolute Gasteiger partial charge is 0.451 e. The van der Waals surface area contributed by atoms with Gasteiger partial charge in [-0.25, -0.2) is 9.97 Å². The number of carbonyl (C=O) groups excluding carboxylic acids is 1. The molecule has 29 heavy (non-hydrogen) atoms. The molecular weight excluding hydrogens is 388 g/mol. The van der Waals surface area contributed by atoms with E-state index in [1.165, 1.54) is 22.4 Å². The first-order chi connectivity index (χ1) is 14.2. The number of carbonyl (C=O) groups is 1. The third-order valence-electron chi connectivity index (χ3n) is 4.37. The van der Waals surface area contributed by atoms with Crippen LogP contribution in [0.2, 0.25) is 0 Å². The maximum Gasteiger partial charge on any atom is 0.291 e. The fourth-order valence-electron chi connectivity index (χ4n) is 2.96. The standard InChI is InChI=1S/C21H18N4O3S/c1-2-25-12-14(8-9-18(25)26)24-20(27)19-16(13-29-21-22-10-5-11-23-21)15-6-3-4-7-17(15)28-19/h3-12H,2,13H2,1H3,(H,24,27).